The number of nitrogens with one attached hydrogen (secondary N) is 1. The molecule has 25 heavy (non-hydrogen) atoms. The lowest BCUT2D eigenvalue weighted by atomic mass is 9.99. The summed E-state index contributed by atoms with van der Waals surface area (Å²) in [6.45, 7) is 5.34. The number of aliphatic hydroxyl groups is 2. The summed E-state index contributed by atoms with van der Waals surface area (Å²) >= 11 is 0. The average Bonchev–Trinajstić information content (AvgIpc) is 2.52. The number of carbonyl (C=O) groups excluding carboxylic acids is 2. The second-order valence-corrected chi connectivity index (χ2v) is 6.57. The smallest absolute Gasteiger partial charge is 0.407 e. The second-order valence-electron chi connectivity index (χ2n) is 6.57. The Bertz CT molecular complexity index is 612. The lowest BCUT2D eigenvalue weighted by Gasteiger charge is -2.21. The summed E-state index contributed by atoms with van der Waals surface area (Å²) in [6, 6.07) is 4.34. The lowest BCUT2D eigenvalue weighted by molar-refractivity contribution is 0.0122. The molecule has 0 heterocycles. The third-order valence-electron chi connectivity index (χ3n) is 3.30. The van der Waals surface area contributed by atoms with E-state index in [0.29, 0.717) is 5.56 Å². The molecule has 8 heteroatoms. The topological polar surface area (TPSA) is 131 Å². The molecule has 2 atom stereocenters. The summed E-state index contributed by atoms with van der Waals surface area (Å²) in [5.74, 6) is -0.632. The predicted octanol–water partition coefficient (Wildman–Crippen LogP) is 1.36. The number of anilines is 1. The van der Waals surface area contributed by atoms with Crippen molar-refractivity contribution < 1.29 is 29.3 Å². The second kappa shape index (κ2) is 8.68. The SMILES string of the molecule is COC(=O)c1cc(C(O)C(O)CCNC(=O)OC(C)(C)C)ccc1N. The van der Waals surface area contributed by atoms with Crippen LogP contribution in [0.1, 0.15) is 49.2 Å². The Morgan fingerprint density at radius 2 is 1.92 bits per heavy atom. The van der Waals surface area contributed by atoms with Crippen molar-refractivity contribution in [1.82, 2.24) is 5.32 Å². The van der Waals surface area contributed by atoms with E-state index in [9.17, 15) is 19.8 Å². The average molecular weight is 354 g/mol. The molecule has 0 aliphatic heterocycles. The number of rotatable bonds is 6. The van der Waals surface area contributed by atoms with Crippen LogP contribution in [-0.2, 0) is 9.47 Å². The standard InChI is InChI=1S/C17H26N2O6/c1-17(2,3)25-16(23)19-8-7-13(20)14(21)10-5-6-12(18)11(9-10)15(22)24-4/h5-6,9,13-14,20-21H,7-8,18H2,1-4H3,(H,19,23). The normalized spacial score (nSPS) is 13.7. The molecule has 8 nitrogen and oxygen atoms in total. The molecule has 140 valence electrons. The predicted molar refractivity (Wildman–Crippen MR) is 92.0 cm³/mol. The largest absolute Gasteiger partial charge is 0.465 e. The van der Waals surface area contributed by atoms with Crippen molar-refractivity contribution in [3.8, 4) is 0 Å². The van der Waals surface area contributed by atoms with Crippen LogP contribution in [-0.4, -0.2) is 47.6 Å². The van der Waals surface area contributed by atoms with Gasteiger partial charge in [0.2, 0.25) is 0 Å². The van der Waals surface area contributed by atoms with Crippen molar-refractivity contribution in [1.29, 1.82) is 0 Å². The highest BCUT2D eigenvalue weighted by Gasteiger charge is 2.22. The molecule has 1 aromatic carbocycles. The Labute approximate surface area is 146 Å². The molecule has 0 aliphatic carbocycles. The van der Waals surface area contributed by atoms with Gasteiger partial charge in [-0.05, 0) is 44.9 Å². The van der Waals surface area contributed by atoms with Gasteiger partial charge in [-0.25, -0.2) is 9.59 Å². The van der Waals surface area contributed by atoms with E-state index in [1.807, 2.05) is 0 Å². The van der Waals surface area contributed by atoms with Gasteiger partial charge in [-0.15, -0.1) is 0 Å². The van der Waals surface area contributed by atoms with Crippen LogP contribution in [0.25, 0.3) is 0 Å². The fourth-order valence-electron chi connectivity index (χ4n) is 2.06. The quantitative estimate of drug-likeness (QED) is 0.448. The van der Waals surface area contributed by atoms with E-state index in [1.54, 1.807) is 20.8 Å². The van der Waals surface area contributed by atoms with Gasteiger partial charge in [-0.2, -0.15) is 0 Å². The van der Waals surface area contributed by atoms with Crippen molar-refractivity contribution >= 4 is 17.7 Å². The van der Waals surface area contributed by atoms with Crippen molar-refractivity contribution in [2.75, 3.05) is 19.4 Å². The molecule has 0 aromatic heterocycles. The van der Waals surface area contributed by atoms with Gasteiger partial charge in [-0.3, -0.25) is 0 Å². The van der Waals surface area contributed by atoms with Crippen molar-refractivity contribution in [2.45, 2.75) is 45.0 Å². The fourth-order valence-corrected chi connectivity index (χ4v) is 2.06. The highest BCUT2D eigenvalue weighted by atomic mass is 16.6. The molecule has 0 spiro atoms. The minimum atomic E-state index is -1.25. The maximum atomic E-state index is 11.6. The molecule has 1 amide bonds. The zero-order chi connectivity index (χ0) is 19.2. The van der Waals surface area contributed by atoms with E-state index in [4.69, 9.17) is 10.5 Å². The van der Waals surface area contributed by atoms with Gasteiger partial charge in [0.15, 0.2) is 0 Å². The molecule has 0 saturated heterocycles. The van der Waals surface area contributed by atoms with Gasteiger partial charge in [-0.1, -0.05) is 6.07 Å². The Hall–Kier alpha value is -2.32. The van der Waals surface area contributed by atoms with Gasteiger partial charge in [0, 0.05) is 12.2 Å². The van der Waals surface area contributed by atoms with Crippen LogP contribution in [0.2, 0.25) is 0 Å². The van der Waals surface area contributed by atoms with E-state index in [2.05, 4.69) is 10.1 Å². The lowest BCUT2D eigenvalue weighted by Crippen LogP contribution is -2.34. The van der Waals surface area contributed by atoms with Crippen LogP contribution in [0.4, 0.5) is 10.5 Å². The number of ether oxygens (including phenoxy) is 2. The molecule has 1 aromatic rings. The molecule has 0 bridgehead atoms. The first-order chi connectivity index (χ1) is 11.5. The Morgan fingerprint density at radius 3 is 2.48 bits per heavy atom. The minimum Gasteiger partial charge on any atom is -0.465 e. The van der Waals surface area contributed by atoms with Gasteiger partial charge < -0.3 is 30.7 Å². The van der Waals surface area contributed by atoms with E-state index in [0.717, 1.165) is 0 Å². The van der Waals surface area contributed by atoms with Crippen molar-refractivity contribution in [2.24, 2.45) is 0 Å². The van der Waals surface area contributed by atoms with Crippen LogP contribution < -0.4 is 11.1 Å². The summed E-state index contributed by atoms with van der Waals surface area (Å²) in [5, 5.41) is 22.8. The molecule has 5 N–H and O–H groups in total. The number of hydrogen-bond acceptors (Lipinski definition) is 7. The van der Waals surface area contributed by atoms with Crippen LogP contribution in [0.15, 0.2) is 18.2 Å². The summed E-state index contributed by atoms with van der Waals surface area (Å²) in [7, 11) is 1.22. The number of aliphatic hydroxyl groups excluding tert-OH is 2. The number of amides is 1. The van der Waals surface area contributed by atoms with Crippen LogP contribution in [0.5, 0.6) is 0 Å². The molecule has 2 unspecified atom stereocenters. The monoisotopic (exact) mass is 354 g/mol. The van der Waals surface area contributed by atoms with E-state index in [-0.39, 0.29) is 24.2 Å². The van der Waals surface area contributed by atoms with Crippen LogP contribution >= 0.6 is 0 Å². The minimum absolute atomic E-state index is 0.0956. The summed E-state index contributed by atoms with van der Waals surface area (Å²) in [6.07, 6.45) is -2.90. The molecule has 0 saturated carbocycles. The summed E-state index contributed by atoms with van der Waals surface area (Å²) in [4.78, 5) is 23.2. The van der Waals surface area contributed by atoms with Gasteiger partial charge >= 0.3 is 12.1 Å². The van der Waals surface area contributed by atoms with Crippen LogP contribution in [0.3, 0.4) is 0 Å². The first kappa shape index (κ1) is 20.7. The Morgan fingerprint density at radius 1 is 1.28 bits per heavy atom. The van der Waals surface area contributed by atoms with Crippen LogP contribution in [0, 0.1) is 0 Å². The molecular weight excluding hydrogens is 328 g/mol. The van der Waals surface area contributed by atoms with E-state index < -0.39 is 29.9 Å². The number of carbonyl (C=O) groups is 2. The molecule has 0 radical (unpaired) electrons. The first-order valence-electron chi connectivity index (χ1n) is 7.86. The van der Waals surface area contributed by atoms with Gasteiger partial charge in [0.1, 0.15) is 11.7 Å². The molecule has 0 aliphatic rings. The third-order valence-corrected chi connectivity index (χ3v) is 3.30. The van der Waals surface area contributed by atoms with Gasteiger partial charge in [0.05, 0.1) is 18.8 Å². The summed E-state index contributed by atoms with van der Waals surface area (Å²) < 4.78 is 9.69. The summed E-state index contributed by atoms with van der Waals surface area (Å²) in [5.41, 5.74) is 5.73. The maximum absolute atomic E-state index is 11.6. The first-order valence-corrected chi connectivity index (χ1v) is 7.86. The van der Waals surface area contributed by atoms with E-state index in [1.165, 1.54) is 25.3 Å². The molecular formula is C17H26N2O6. The highest BCUT2D eigenvalue weighted by Crippen LogP contribution is 2.23. The number of benzene rings is 1. The number of alkyl carbamates (subject to hydrolysis) is 1. The fraction of sp³-hybridized carbons (Fsp3) is 0.529. The van der Waals surface area contributed by atoms with Crippen molar-refractivity contribution in [3.63, 3.8) is 0 Å². The van der Waals surface area contributed by atoms with E-state index >= 15 is 0 Å². The van der Waals surface area contributed by atoms with Gasteiger partial charge in [0.25, 0.3) is 0 Å². The zero-order valence-corrected chi connectivity index (χ0v) is 14.9. The maximum Gasteiger partial charge on any atom is 0.407 e. The number of esters is 1. The highest BCUT2D eigenvalue weighted by molar-refractivity contribution is 5.95. The number of methoxy groups -OCH3 is 1. The molecule has 0 fully saturated rings. The van der Waals surface area contributed by atoms with Crippen molar-refractivity contribution in [3.05, 3.63) is 29.3 Å². The number of nitrogen functional groups attached to an aromatic ring is 1. The third kappa shape index (κ3) is 6.60. The zero-order valence-electron chi connectivity index (χ0n) is 14.9. The molecule has 1 rings (SSSR count). The Kier molecular flexibility index (Phi) is 7.20. The number of hydrogen-bond donors (Lipinski definition) is 4. The Balaban J connectivity index is 2.63. The number of nitrogens with two attached hydrogens (primary N) is 1.